The zero-order valence-electron chi connectivity index (χ0n) is 11.5. The summed E-state index contributed by atoms with van der Waals surface area (Å²) >= 11 is 0. The molecule has 100 valence electrons. The molecule has 1 atom stereocenters. The summed E-state index contributed by atoms with van der Waals surface area (Å²) in [4.78, 5) is 6.76. The van der Waals surface area contributed by atoms with E-state index in [4.69, 9.17) is 5.73 Å². The summed E-state index contributed by atoms with van der Waals surface area (Å²) in [6, 6.07) is 6.93. The fraction of sp³-hybridized carbons (Fsp3) is 0.438. The predicted octanol–water partition coefficient (Wildman–Crippen LogP) is 3.59. The van der Waals surface area contributed by atoms with E-state index in [0.29, 0.717) is 6.04 Å². The number of nitrogens with two attached hydrogens (primary N) is 1. The third kappa shape index (κ3) is 2.14. The van der Waals surface area contributed by atoms with Gasteiger partial charge in [0.2, 0.25) is 0 Å². The van der Waals surface area contributed by atoms with Crippen LogP contribution in [0.1, 0.15) is 32.6 Å². The smallest absolute Gasteiger partial charge is 0.0451 e. The van der Waals surface area contributed by atoms with Crippen molar-refractivity contribution in [2.24, 2.45) is 0 Å². The van der Waals surface area contributed by atoms with Crippen LogP contribution in [0.3, 0.4) is 0 Å². The summed E-state index contributed by atoms with van der Waals surface area (Å²) < 4.78 is 0. The van der Waals surface area contributed by atoms with Gasteiger partial charge in [0.05, 0.1) is 0 Å². The van der Waals surface area contributed by atoms with Gasteiger partial charge in [-0.25, -0.2) is 0 Å². The highest BCUT2D eigenvalue weighted by Gasteiger charge is 2.22. The van der Waals surface area contributed by atoms with Crippen LogP contribution in [0.2, 0.25) is 0 Å². The molecule has 1 aromatic heterocycles. The number of nitrogens with zero attached hydrogens (tertiary/aromatic N) is 2. The third-order valence-electron chi connectivity index (χ3n) is 4.24. The summed E-state index contributed by atoms with van der Waals surface area (Å²) in [5.74, 6) is 0. The fourth-order valence-electron chi connectivity index (χ4n) is 3.19. The molecule has 1 aromatic carbocycles. The summed E-state index contributed by atoms with van der Waals surface area (Å²) in [5, 5.41) is 2.30. The second kappa shape index (κ2) is 5.08. The minimum atomic E-state index is 0.661. The molecule has 0 saturated carbocycles. The first-order chi connectivity index (χ1) is 9.31. The monoisotopic (exact) mass is 255 g/mol. The van der Waals surface area contributed by atoms with Crippen LogP contribution < -0.4 is 10.6 Å². The van der Waals surface area contributed by atoms with Gasteiger partial charge in [-0.2, -0.15) is 0 Å². The van der Waals surface area contributed by atoms with E-state index in [1.54, 1.807) is 0 Å². The SMILES string of the molecule is CCC1CCCCN1c1ccc(N)c2cnccc12. The first kappa shape index (κ1) is 12.3. The number of rotatable bonds is 2. The third-order valence-corrected chi connectivity index (χ3v) is 4.24. The van der Waals surface area contributed by atoms with Crippen molar-refractivity contribution in [2.75, 3.05) is 17.2 Å². The average Bonchev–Trinajstić information content (AvgIpc) is 2.48. The summed E-state index contributed by atoms with van der Waals surface area (Å²) in [7, 11) is 0. The largest absolute Gasteiger partial charge is 0.398 e. The normalized spacial score (nSPS) is 19.8. The molecule has 0 bridgehead atoms. The molecular formula is C16H21N3. The van der Waals surface area contributed by atoms with E-state index in [1.807, 2.05) is 18.5 Å². The topological polar surface area (TPSA) is 42.1 Å². The van der Waals surface area contributed by atoms with Gasteiger partial charge in [-0.15, -0.1) is 0 Å². The molecule has 0 spiro atoms. The molecule has 3 rings (SSSR count). The molecule has 2 heterocycles. The Kier molecular flexibility index (Phi) is 3.28. The Morgan fingerprint density at radius 2 is 2.16 bits per heavy atom. The van der Waals surface area contributed by atoms with Crippen molar-refractivity contribution in [3.63, 3.8) is 0 Å². The number of benzene rings is 1. The van der Waals surface area contributed by atoms with Crippen molar-refractivity contribution < 1.29 is 0 Å². The Morgan fingerprint density at radius 1 is 1.26 bits per heavy atom. The molecule has 0 aliphatic carbocycles. The number of piperidine rings is 1. The lowest BCUT2D eigenvalue weighted by Gasteiger charge is -2.38. The minimum Gasteiger partial charge on any atom is -0.398 e. The van der Waals surface area contributed by atoms with Gasteiger partial charge >= 0.3 is 0 Å². The van der Waals surface area contributed by atoms with Crippen LogP contribution in [0, 0.1) is 0 Å². The first-order valence-corrected chi connectivity index (χ1v) is 7.20. The molecule has 2 aromatic rings. The standard InChI is InChI=1S/C16H21N3/c1-2-12-5-3-4-10-19(12)16-7-6-15(17)14-11-18-9-8-13(14)16/h6-9,11-12H,2-5,10,17H2,1H3. The zero-order valence-corrected chi connectivity index (χ0v) is 11.5. The highest BCUT2D eigenvalue weighted by molar-refractivity contribution is 6.00. The molecule has 1 saturated heterocycles. The van der Waals surface area contributed by atoms with Crippen molar-refractivity contribution in [1.82, 2.24) is 4.98 Å². The number of nitrogen functional groups attached to an aromatic ring is 1. The van der Waals surface area contributed by atoms with Crippen LogP contribution in [-0.4, -0.2) is 17.6 Å². The van der Waals surface area contributed by atoms with Gasteiger partial charge in [-0.1, -0.05) is 6.92 Å². The Hall–Kier alpha value is -1.77. The molecule has 2 N–H and O–H groups in total. The molecule has 1 aliphatic heterocycles. The quantitative estimate of drug-likeness (QED) is 0.834. The van der Waals surface area contributed by atoms with Crippen LogP contribution in [0.5, 0.6) is 0 Å². The second-order valence-corrected chi connectivity index (χ2v) is 5.35. The number of anilines is 2. The highest BCUT2D eigenvalue weighted by Crippen LogP contribution is 2.34. The maximum Gasteiger partial charge on any atom is 0.0451 e. The van der Waals surface area contributed by atoms with Crippen LogP contribution in [-0.2, 0) is 0 Å². The number of hydrogen-bond donors (Lipinski definition) is 1. The van der Waals surface area contributed by atoms with E-state index in [-0.39, 0.29) is 0 Å². The highest BCUT2D eigenvalue weighted by atomic mass is 15.2. The number of hydrogen-bond acceptors (Lipinski definition) is 3. The van der Waals surface area contributed by atoms with Gasteiger partial charge in [-0.05, 0) is 43.9 Å². The van der Waals surface area contributed by atoms with E-state index < -0.39 is 0 Å². The van der Waals surface area contributed by atoms with Crippen LogP contribution in [0.4, 0.5) is 11.4 Å². The number of pyridine rings is 1. The van der Waals surface area contributed by atoms with Gasteiger partial charge in [0.25, 0.3) is 0 Å². The van der Waals surface area contributed by atoms with Gasteiger partial charge in [0, 0.05) is 47.1 Å². The molecule has 0 radical (unpaired) electrons. The molecule has 3 heteroatoms. The molecule has 1 aliphatic rings. The molecule has 1 fully saturated rings. The summed E-state index contributed by atoms with van der Waals surface area (Å²) in [6.45, 7) is 3.43. The molecule has 1 unspecified atom stereocenters. The minimum absolute atomic E-state index is 0.661. The van der Waals surface area contributed by atoms with Gasteiger partial charge in [0.15, 0.2) is 0 Å². The summed E-state index contributed by atoms with van der Waals surface area (Å²) in [5.41, 5.74) is 8.20. The zero-order chi connectivity index (χ0) is 13.2. The Balaban J connectivity index is 2.11. The lowest BCUT2D eigenvalue weighted by atomic mass is 9.97. The molecule has 19 heavy (non-hydrogen) atoms. The fourth-order valence-corrected chi connectivity index (χ4v) is 3.19. The maximum atomic E-state index is 6.06. The van der Waals surface area contributed by atoms with Crippen molar-refractivity contribution in [1.29, 1.82) is 0 Å². The average molecular weight is 255 g/mol. The van der Waals surface area contributed by atoms with Gasteiger partial charge < -0.3 is 10.6 Å². The lowest BCUT2D eigenvalue weighted by Crippen LogP contribution is -2.39. The van der Waals surface area contributed by atoms with Gasteiger partial charge in [-0.3, -0.25) is 4.98 Å². The Morgan fingerprint density at radius 3 is 3.00 bits per heavy atom. The maximum absolute atomic E-state index is 6.06. The predicted molar refractivity (Wildman–Crippen MR) is 81.4 cm³/mol. The van der Waals surface area contributed by atoms with Gasteiger partial charge in [0.1, 0.15) is 0 Å². The lowest BCUT2D eigenvalue weighted by molar-refractivity contribution is 0.451. The second-order valence-electron chi connectivity index (χ2n) is 5.35. The van der Waals surface area contributed by atoms with Crippen molar-refractivity contribution >= 4 is 22.1 Å². The molecule has 3 nitrogen and oxygen atoms in total. The molecule has 0 amide bonds. The van der Waals surface area contributed by atoms with Crippen molar-refractivity contribution in [3.8, 4) is 0 Å². The van der Waals surface area contributed by atoms with E-state index in [0.717, 1.165) is 17.6 Å². The van der Waals surface area contributed by atoms with E-state index >= 15 is 0 Å². The van der Waals surface area contributed by atoms with E-state index in [2.05, 4.69) is 28.9 Å². The summed E-state index contributed by atoms with van der Waals surface area (Å²) in [6.07, 6.45) is 8.87. The first-order valence-electron chi connectivity index (χ1n) is 7.20. The van der Waals surface area contributed by atoms with E-state index in [9.17, 15) is 0 Å². The van der Waals surface area contributed by atoms with Crippen molar-refractivity contribution in [3.05, 3.63) is 30.6 Å². The van der Waals surface area contributed by atoms with Crippen LogP contribution >= 0.6 is 0 Å². The number of aromatic nitrogens is 1. The number of fused-ring (bicyclic) bond motifs is 1. The van der Waals surface area contributed by atoms with E-state index in [1.165, 1.54) is 36.8 Å². The van der Waals surface area contributed by atoms with Crippen LogP contribution in [0.15, 0.2) is 30.6 Å². The molecular weight excluding hydrogens is 234 g/mol. The van der Waals surface area contributed by atoms with Crippen LogP contribution in [0.25, 0.3) is 10.8 Å². The Bertz CT molecular complexity index is 579. The Labute approximate surface area is 114 Å². The van der Waals surface area contributed by atoms with Crippen molar-refractivity contribution in [2.45, 2.75) is 38.6 Å².